The summed E-state index contributed by atoms with van der Waals surface area (Å²) in [6.45, 7) is 7.39. The van der Waals surface area contributed by atoms with Gasteiger partial charge >= 0.3 is 13.4 Å². The van der Waals surface area contributed by atoms with Crippen molar-refractivity contribution < 1.29 is 37.3 Å². The van der Waals surface area contributed by atoms with Gasteiger partial charge in [0.2, 0.25) is 5.82 Å². The second kappa shape index (κ2) is 11.7. The van der Waals surface area contributed by atoms with Crippen LogP contribution in [0, 0.1) is 5.82 Å². The minimum absolute atomic E-state index is 0.0548. The number of hydrogen-bond acceptors (Lipinski definition) is 10. The monoisotopic (exact) mass is 550 g/mol. The highest BCUT2D eigenvalue weighted by Gasteiger charge is 2.41. The summed E-state index contributed by atoms with van der Waals surface area (Å²) in [5.41, 5.74) is -2.12. The summed E-state index contributed by atoms with van der Waals surface area (Å²) in [4.78, 5) is 25.2. The fraction of sp³-hybridized carbons (Fsp3) is 0.818. The van der Waals surface area contributed by atoms with Gasteiger partial charge < -0.3 is 19.3 Å². The molecule has 3 aliphatic rings. The number of H-pyrrole nitrogens is 1. The summed E-state index contributed by atoms with van der Waals surface area (Å²) < 4.78 is 58.6. The van der Waals surface area contributed by atoms with Crippen LogP contribution in [0.2, 0.25) is 0 Å². The van der Waals surface area contributed by atoms with Gasteiger partial charge in [-0.3, -0.25) is 28.7 Å². The third-order valence-corrected chi connectivity index (χ3v) is 8.63. The van der Waals surface area contributed by atoms with Crippen LogP contribution in [0.5, 0.6) is 0 Å². The van der Waals surface area contributed by atoms with Crippen LogP contribution in [0.25, 0.3) is 0 Å². The molecule has 0 aromatic carbocycles. The molecule has 1 aromatic heterocycles. The van der Waals surface area contributed by atoms with Gasteiger partial charge in [0.05, 0.1) is 44.8 Å². The summed E-state index contributed by atoms with van der Waals surface area (Å²) >= 11 is 0. The molecule has 3 saturated heterocycles. The van der Waals surface area contributed by atoms with Crippen molar-refractivity contribution in [3.05, 3.63) is 32.9 Å². The largest absolute Gasteiger partial charge is 0.408 e. The standard InChI is InChI=1S/C22H36FN4O9P/c1-14-11-22(2,3)25-18(35-14)4-7-33-37(31,26-5-8-32-9-6-26)34-13-17-16(28)10-19(36-17)27-12-15(23)20(29)24-21(27)30/h12,14,16-19,25,28H,4-11,13H2,1-3H3,(H,24,29,30). The number of nitrogens with one attached hydrogen (secondary N) is 2. The van der Waals surface area contributed by atoms with E-state index in [1.807, 2.05) is 11.9 Å². The van der Waals surface area contributed by atoms with Gasteiger partial charge in [-0.25, -0.2) is 14.0 Å². The van der Waals surface area contributed by atoms with Gasteiger partial charge in [-0.05, 0) is 27.2 Å². The van der Waals surface area contributed by atoms with Crippen molar-refractivity contribution in [1.29, 1.82) is 0 Å². The molecule has 15 heteroatoms. The third kappa shape index (κ3) is 7.14. The Balaban J connectivity index is 1.38. The van der Waals surface area contributed by atoms with Gasteiger partial charge in [-0.15, -0.1) is 0 Å². The average molecular weight is 551 g/mol. The number of hydrogen-bond donors (Lipinski definition) is 3. The van der Waals surface area contributed by atoms with Crippen molar-refractivity contribution in [2.24, 2.45) is 0 Å². The van der Waals surface area contributed by atoms with Gasteiger partial charge in [-0.2, -0.15) is 4.39 Å². The topological polar surface area (TPSA) is 154 Å². The number of morpholine rings is 1. The van der Waals surface area contributed by atoms with E-state index >= 15 is 0 Å². The second-order valence-corrected chi connectivity index (χ2v) is 12.2. The Morgan fingerprint density at radius 1 is 1.24 bits per heavy atom. The van der Waals surface area contributed by atoms with E-state index in [9.17, 15) is 23.7 Å². The van der Waals surface area contributed by atoms with Crippen LogP contribution < -0.4 is 16.6 Å². The Hall–Kier alpha value is -1.48. The van der Waals surface area contributed by atoms with Crippen LogP contribution in [0.15, 0.2) is 15.8 Å². The molecule has 0 aliphatic carbocycles. The van der Waals surface area contributed by atoms with Crippen LogP contribution in [-0.4, -0.2) is 88.9 Å². The molecule has 4 rings (SSSR count). The molecule has 3 N–H and O–H groups in total. The maximum atomic E-state index is 13.8. The average Bonchev–Trinajstić information content (AvgIpc) is 3.19. The minimum Gasteiger partial charge on any atom is -0.390 e. The number of aliphatic hydroxyl groups is 1. The first kappa shape index (κ1) is 28.5. The number of aromatic nitrogens is 2. The van der Waals surface area contributed by atoms with Crippen molar-refractivity contribution in [3.63, 3.8) is 0 Å². The molecule has 3 aliphatic heterocycles. The molecule has 0 radical (unpaired) electrons. The van der Waals surface area contributed by atoms with Gasteiger partial charge in [0.1, 0.15) is 18.6 Å². The van der Waals surface area contributed by atoms with E-state index in [2.05, 4.69) is 19.2 Å². The first-order valence-corrected chi connectivity index (χ1v) is 14.0. The molecule has 13 nitrogen and oxygen atoms in total. The molecule has 1 aromatic rings. The molecule has 0 saturated carbocycles. The van der Waals surface area contributed by atoms with Gasteiger partial charge in [0.15, 0.2) is 0 Å². The van der Waals surface area contributed by atoms with Crippen LogP contribution in [-0.2, 0) is 27.8 Å². The highest BCUT2D eigenvalue weighted by molar-refractivity contribution is 7.51. The van der Waals surface area contributed by atoms with Crippen molar-refractivity contribution >= 4 is 7.75 Å². The Bertz CT molecular complexity index is 1090. The molecule has 6 unspecified atom stereocenters. The molecule has 3 fully saturated rings. The van der Waals surface area contributed by atoms with Crippen molar-refractivity contribution in [3.8, 4) is 0 Å². The summed E-state index contributed by atoms with van der Waals surface area (Å²) in [5.74, 6) is -1.16. The molecule has 4 heterocycles. The number of ether oxygens (including phenoxy) is 3. The highest BCUT2D eigenvalue weighted by atomic mass is 31.2. The summed E-state index contributed by atoms with van der Waals surface area (Å²) in [6.07, 6.45) is -1.31. The smallest absolute Gasteiger partial charge is 0.390 e. The van der Waals surface area contributed by atoms with Gasteiger partial charge in [0, 0.05) is 31.5 Å². The van der Waals surface area contributed by atoms with Crippen molar-refractivity contribution in [2.45, 2.75) is 76.3 Å². The highest BCUT2D eigenvalue weighted by Crippen LogP contribution is 2.53. The molecule has 0 amide bonds. The predicted molar refractivity (Wildman–Crippen MR) is 129 cm³/mol. The molecule has 6 atom stereocenters. The zero-order chi connectivity index (χ0) is 26.8. The lowest BCUT2D eigenvalue weighted by atomic mass is 9.95. The molecule has 0 spiro atoms. The Morgan fingerprint density at radius 2 is 1.97 bits per heavy atom. The van der Waals surface area contributed by atoms with E-state index in [-0.39, 0.29) is 37.5 Å². The summed E-state index contributed by atoms with van der Waals surface area (Å²) in [6, 6.07) is 0. The number of aromatic amines is 1. The SMILES string of the molecule is CC1CC(C)(C)NC(CCOP(=O)(OCC2OC(n3cc(F)c(=O)[nH]c3=O)CC2O)N2CCOCC2)O1. The van der Waals surface area contributed by atoms with E-state index in [4.69, 9.17) is 23.3 Å². The number of aliphatic hydroxyl groups excluding tert-OH is 1. The summed E-state index contributed by atoms with van der Waals surface area (Å²) in [7, 11) is -3.80. The molecule has 0 bridgehead atoms. The van der Waals surface area contributed by atoms with E-state index < -0.39 is 43.2 Å². The fourth-order valence-corrected chi connectivity index (χ4v) is 6.59. The van der Waals surface area contributed by atoms with E-state index in [1.165, 1.54) is 0 Å². The Kier molecular flexibility index (Phi) is 9.04. The van der Waals surface area contributed by atoms with E-state index in [0.29, 0.717) is 32.7 Å². The van der Waals surface area contributed by atoms with Crippen LogP contribution in [0.3, 0.4) is 0 Å². The lowest BCUT2D eigenvalue weighted by molar-refractivity contribution is -0.0946. The zero-order valence-corrected chi connectivity index (χ0v) is 22.2. The second-order valence-electron chi connectivity index (χ2n) is 10.2. The predicted octanol–water partition coefficient (Wildman–Crippen LogP) is 0.691. The van der Waals surface area contributed by atoms with E-state index in [1.54, 1.807) is 4.67 Å². The summed E-state index contributed by atoms with van der Waals surface area (Å²) in [5, 5.41) is 13.9. The number of halogens is 1. The maximum absolute atomic E-state index is 13.8. The van der Waals surface area contributed by atoms with Crippen molar-refractivity contribution in [2.75, 3.05) is 39.5 Å². The minimum atomic E-state index is -3.80. The normalized spacial score (nSPS) is 32.3. The fourth-order valence-electron chi connectivity index (χ4n) is 4.87. The quantitative estimate of drug-likeness (QED) is 0.372. The molecular formula is C22H36FN4O9P. The Labute approximate surface area is 213 Å². The Morgan fingerprint density at radius 3 is 2.68 bits per heavy atom. The zero-order valence-electron chi connectivity index (χ0n) is 21.3. The molecule has 210 valence electrons. The number of rotatable bonds is 9. The van der Waals surface area contributed by atoms with Crippen LogP contribution >= 0.6 is 7.75 Å². The third-order valence-electron chi connectivity index (χ3n) is 6.56. The lowest BCUT2D eigenvalue weighted by Gasteiger charge is -2.41. The molecular weight excluding hydrogens is 514 g/mol. The first-order chi connectivity index (χ1) is 17.5. The van der Waals surface area contributed by atoms with Crippen LogP contribution in [0.1, 0.15) is 46.3 Å². The lowest BCUT2D eigenvalue weighted by Crippen LogP contribution is -2.55. The van der Waals surface area contributed by atoms with Gasteiger partial charge in [0.25, 0.3) is 5.56 Å². The molecule has 37 heavy (non-hydrogen) atoms. The maximum Gasteiger partial charge on any atom is 0.408 e. The van der Waals surface area contributed by atoms with Crippen molar-refractivity contribution in [1.82, 2.24) is 19.5 Å². The van der Waals surface area contributed by atoms with Gasteiger partial charge in [-0.1, -0.05) is 0 Å². The van der Waals surface area contributed by atoms with Crippen LogP contribution in [0.4, 0.5) is 4.39 Å². The van der Waals surface area contributed by atoms with E-state index in [0.717, 1.165) is 17.2 Å². The first-order valence-electron chi connectivity index (χ1n) is 12.5. The number of nitrogens with zero attached hydrogens (tertiary/aromatic N) is 2.